The molecule has 5 heteroatoms. The van der Waals surface area contributed by atoms with Crippen molar-refractivity contribution >= 4 is 27.5 Å². The number of thiophene rings is 1. The molecule has 18 heavy (non-hydrogen) atoms. The molecular weight excluding hydrogens is 246 g/mol. The Hall–Kier alpha value is -2.14. The van der Waals surface area contributed by atoms with E-state index in [1.165, 1.54) is 0 Å². The monoisotopic (exact) mass is 257 g/mol. The molecule has 3 aromatic heterocycles. The van der Waals surface area contributed by atoms with Crippen LogP contribution in [0.5, 0.6) is 0 Å². The second-order valence-corrected chi connectivity index (χ2v) is 4.87. The number of H-pyrrole nitrogens is 1. The minimum absolute atomic E-state index is 0.0878. The standard InChI is InChI=1S/C13H11N3OS/c17-13(15-8-9-1-4-14-5-2-9)11-7-12-10(16-11)3-6-18-12/h1-7,16H,8H2,(H,15,17). The molecule has 3 aromatic rings. The first-order valence-corrected chi connectivity index (χ1v) is 6.44. The van der Waals surface area contributed by atoms with Gasteiger partial charge in [-0.2, -0.15) is 0 Å². The van der Waals surface area contributed by atoms with Crippen molar-refractivity contribution in [2.24, 2.45) is 0 Å². The Morgan fingerprint density at radius 2 is 2.17 bits per heavy atom. The van der Waals surface area contributed by atoms with Gasteiger partial charge in [0.05, 0.1) is 10.2 Å². The van der Waals surface area contributed by atoms with Gasteiger partial charge in [0.15, 0.2) is 0 Å². The summed E-state index contributed by atoms with van der Waals surface area (Å²) in [6, 6.07) is 7.61. The second-order valence-electron chi connectivity index (χ2n) is 3.92. The van der Waals surface area contributed by atoms with E-state index < -0.39 is 0 Å². The molecule has 3 heterocycles. The summed E-state index contributed by atoms with van der Waals surface area (Å²) >= 11 is 1.62. The zero-order valence-corrected chi connectivity index (χ0v) is 10.3. The first kappa shape index (κ1) is 11.0. The Kier molecular flexibility index (Phi) is 2.82. The van der Waals surface area contributed by atoms with E-state index in [4.69, 9.17) is 0 Å². The lowest BCUT2D eigenvalue weighted by Gasteiger charge is -2.03. The van der Waals surface area contributed by atoms with Crippen LogP contribution in [-0.2, 0) is 6.54 Å². The minimum Gasteiger partial charge on any atom is -0.350 e. The summed E-state index contributed by atoms with van der Waals surface area (Å²) in [6.07, 6.45) is 3.43. The third-order valence-corrected chi connectivity index (χ3v) is 3.55. The summed E-state index contributed by atoms with van der Waals surface area (Å²) in [6.45, 7) is 0.508. The molecule has 1 amide bonds. The van der Waals surface area contributed by atoms with Crippen molar-refractivity contribution in [2.45, 2.75) is 6.54 Å². The maximum absolute atomic E-state index is 11.9. The lowest BCUT2D eigenvalue weighted by atomic mass is 10.2. The molecule has 0 bridgehead atoms. The van der Waals surface area contributed by atoms with E-state index >= 15 is 0 Å². The number of hydrogen-bond donors (Lipinski definition) is 2. The summed E-state index contributed by atoms with van der Waals surface area (Å²) in [5.74, 6) is -0.0878. The quantitative estimate of drug-likeness (QED) is 0.757. The van der Waals surface area contributed by atoms with E-state index in [9.17, 15) is 4.79 Å². The van der Waals surface area contributed by atoms with E-state index in [0.29, 0.717) is 12.2 Å². The van der Waals surface area contributed by atoms with Crippen molar-refractivity contribution in [3.8, 4) is 0 Å². The molecule has 4 nitrogen and oxygen atoms in total. The molecule has 2 N–H and O–H groups in total. The van der Waals surface area contributed by atoms with E-state index in [0.717, 1.165) is 15.8 Å². The van der Waals surface area contributed by atoms with E-state index in [-0.39, 0.29) is 5.91 Å². The van der Waals surface area contributed by atoms with Gasteiger partial charge in [-0.15, -0.1) is 11.3 Å². The van der Waals surface area contributed by atoms with Crippen LogP contribution in [-0.4, -0.2) is 15.9 Å². The van der Waals surface area contributed by atoms with E-state index in [1.807, 2.05) is 29.6 Å². The summed E-state index contributed by atoms with van der Waals surface area (Å²) < 4.78 is 1.10. The predicted octanol–water partition coefficient (Wildman–Crippen LogP) is 2.55. The number of hydrogen-bond acceptors (Lipinski definition) is 3. The van der Waals surface area contributed by atoms with Crippen LogP contribution in [0.4, 0.5) is 0 Å². The second kappa shape index (κ2) is 4.62. The van der Waals surface area contributed by atoms with Gasteiger partial charge < -0.3 is 10.3 Å². The van der Waals surface area contributed by atoms with E-state index in [1.54, 1.807) is 23.7 Å². The molecule has 0 aliphatic rings. The number of carbonyl (C=O) groups excluding carboxylic acids is 1. The number of aromatic nitrogens is 2. The van der Waals surface area contributed by atoms with Crippen molar-refractivity contribution in [2.75, 3.05) is 0 Å². The summed E-state index contributed by atoms with van der Waals surface area (Å²) in [5, 5.41) is 4.87. The van der Waals surface area contributed by atoms with Crippen LogP contribution < -0.4 is 5.32 Å². The van der Waals surface area contributed by atoms with Gasteiger partial charge in [-0.05, 0) is 35.2 Å². The Bertz CT molecular complexity index is 643. The molecule has 0 unspecified atom stereocenters. The number of carbonyl (C=O) groups is 1. The Labute approximate surface area is 108 Å². The highest BCUT2D eigenvalue weighted by Crippen LogP contribution is 2.21. The fourth-order valence-electron chi connectivity index (χ4n) is 1.75. The molecule has 0 aliphatic heterocycles. The van der Waals surface area contributed by atoms with Crippen LogP contribution >= 0.6 is 11.3 Å². The highest BCUT2D eigenvalue weighted by molar-refractivity contribution is 7.17. The molecule has 0 saturated heterocycles. The molecule has 90 valence electrons. The molecule has 3 rings (SSSR count). The lowest BCUT2D eigenvalue weighted by Crippen LogP contribution is -2.23. The fourth-order valence-corrected chi connectivity index (χ4v) is 2.53. The number of fused-ring (bicyclic) bond motifs is 1. The van der Waals surface area contributed by atoms with Crippen LogP contribution in [0.2, 0.25) is 0 Å². The Morgan fingerprint density at radius 1 is 1.33 bits per heavy atom. The van der Waals surface area contributed by atoms with Gasteiger partial charge >= 0.3 is 0 Å². The van der Waals surface area contributed by atoms with Gasteiger partial charge in [-0.1, -0.05) is 0 Å². The largest absolute Gasteiger partial charge is 0.350 e. The third-order valence-electron chi connectivity index (χ3n) is 2.69. The summed E-state index contributed by atoms with van der Waals surface area (Å²) in [4.78, 5) is 19.0. The molecule has 0 saturated carbocycles. The molecule has 0 fully saturated rings. The van der Waals surface area contributed by atoms with Gasteiger partial charge in [-0.25, -0.2) is 0 Å². The number of nitrogens with zero attached hydrogens (tertiary/aromatic N) is 1. The SMILES string of the molecule is O=C(NCc1ccncc1)c1cc2sccc2[nH]1. The van der Waals surface area contributed by atoms with Crippen LogP contribution in [0, 0.1) is 0 Å². The zero-order chi connectivity index (χ0) is 12.4. The summed E-state index contributed by atoms with van der Waals surface area (Å²) in [7, 11) is 0. The van der Waals surface area contributed by atoms with Gasteiger partial charge in [0.25, 0.3) is 5.91 Å². The number of nitrogens with one attached hydrogen (secondary N) is 2. The predicted molar refractivity (Wildman–Crippen MR) is 71.6 cm³/mol. The van der Waals surface area contributed by atoms with Crippen molar-refractivity contribution < 1.29 is 4.79 Å². The zero-order valence-electron chi connectivity index (χ0n) is 9.51. The average Bonchev–Trinajstić information content (AvgIpc) is 2.98. The number of pyridine rings is 1. The van der Waals surface area contributed by atoms with Crippen molar-refractivity contribution in [3.05, 3.63) is 53.3 Å². The highest BCUT2D eigenvalue weighted by atomic mass is 32.1. The molecule has 0 aromatic carbocycles. The molecule has 0 spiro atoms. The molecule has 0 aliphatic carbocycles. The van der Waals surface area contributed by atoms with Gasteiger partial charge in [0.1, 0.15) is 5.69 Å². The van der Waals surface area contributed by atoms with Gasteiger partial charge in [0.2, 0.25) is 0 Å². The normalized spacial score (nSPS) is 10.7. The summed E-state index contributed by atoms with van der Waals surface area (Å²) in [5.41, 5.74) is 2.65. The fraction of sp³-hybridized carbons (Fsp3) is 0.0769. The lowest BCUT2D eigenvalue weighted by molar-refractivity contribution is 0.0947. The average molecular weight is 257 g/mol. The van der Waals surface area contributed by atoms with Crippen molar-refractivity contribution in [3.63, 3.8) is 0 Å². The van der Waals surface area contributed by atoms with Crippen molar-refractivity contribution in [1.29, 1.82) is 0 Å². The maximum atomic E-state index is 11.9. The van der Waals surface area contributed by atoms with E-state index in [2.05, 4.69) is 15.3 Å². The third kappa shape index (κ3) is 2.12. The number of aromatic amines is 1. The van der Waals surface area contributed by atoms with Gasteiger partial charge in [-0.3, -0.25) is 9.78 Å². The Morgan fingerprint density at radius 3 is 2.94 bits per heavy atom. The highest BCUT2D eigenvalue weighted by Gasteiger charge is 2.09. The topological polar surface area (TPSA) is 57.8 Å². The van der Waals surface area contributed by atoms with Crippen LogP contribution in [0.3, 0.4) is 0 Å². The first-order valence-electron chi connectivity index (χ1n) is 5.56. The smallest absolute Gasteiger partial charge is 0.268 e. The minimum atomic E-state index is -0.0878. The van der Waals surface area contributed by atoms with Crippen LogP contribution in [0.25, 0.3) is 10.2 Å². The van der Waals surface area contributed by atoms with Gasteiger partial charge in [0, 0.05) is 18.9 Å². The number of amides is 1. The molecular formula is C13H11N3OS. The molecule has 0 radical (unpaired) electrons. The van der Waals surface area contributed by atoms with Crippen LogP contribution in [0.1, 0.15) is 16.1 Å². The maximum Gasteiger partial charge on any atom is 0.268 e. The number of rotatable bonds is 3. The van der Waals surface area contributed by atoms with Crippen molar-refractivity contribution in [1.82, 2.24) is 15.3 Å². The Balaban J connectivity index is 1.70. The molecule has 0 atom stereocenters. The first-order chi connectivity index (χ1) is 8.83. The van der Waals surface area contributed by atoms with Crippen LogP contribution in [0.15, 0.2) is 42.0 Å².